The van der Waals surface area contributed by atoms with E-state index in [0.29, 0.717) is 13.0 Å². The van der Waals surface area contributed by atoms with Crippen LogP contribution in [0.4, 0.5) is 0 Å². The molecule has 27 heavy (non-hydrogen) atoms. The predicted molar refractivity (Wildman–Crippen MR) is 125 cm³/mol. The molecule has 1 atom stereocenters. The molecule has 1 unspecified atom stereocenters. The Hall–Kier alpha value is -1.29. The molecular weight excluding hydrogens is 475 g/mol. The number of nitrogens with zero attached hydrogens (tertiary/aromatic N) is 1. The lowest BCUT2D eigenvalue weighted by molar-refractivity contribution is 0.581. The maximum atomic E-state index is 11.3. The zero-order chi connectivity index (χ0) is 19.2. The molecular formula is C19H31IN4O2S. The van der Waals surface area contributed by atoms with E-state index in [-0.39, 0.29) is 35.8 Å². The first-order valence-electron chi connectivity index (χ1n) is 9.07. The number of nitrogens with one attached hydrogen (secondary N) is 3. The molecule has 0 bridgehead atoms. The van der Waals surface area contributed by atoms with Gasteiger partial charge in [-0.05, 0) is 50.8 Å². The fourth-order valence-electron chi connectivity index (χ4n) is 2.81. The maximum Gasteiger partial charge on any atom is 0.191 e. The summed E-state index contributed by atoms with van der Waals surface area (Å²) in [5, 5.41) is 7.74. The normalized spacial score (nSPS) is 13.3. The molecule has 0 radical (unpaired) electrons. The zero-order valence-electron chi connectivity index (χ0n) is 16.5. The molecule has 0 amide bonds. The highest BCUT2D eigenvalue weighted by molar-refractivity contribution is 14.0. The Morgan fingerprint density at radius 1 is 1.33 bits per heavy atom. The molecule has 2 rings (SSSR count). The van der Waals surface area contributed by atoms with Crippen molar-refractivity contribution in [3.8, 4) is 0 Å². The minimum atomic E-state index is -2.94. The van der Waals surface area contributed by atoms with E-state index in [2.05, 4.69) is 51.9 Å². The number of aromatic amines is 1. The van der Waals surface area contributed by atoms with Gasteiger partial charge in [-0.3, -0.25) is 4.99 Å². The van der Waals surface area contributed by atoms with Crippen molar-refractivity contribution in [2.75, 3.05) is 25.1 Å². The Morgan fingerprint density at radius 3 is 2.74 bits per heavy atom. The molecule has 0 aliphatic heterocycles. The molecule has 1 aromatic carbocycles. The van der Waals surface area contributed by atoms with E-state index in [1.165, 1.54) is 22.8 Å². The van der Waals surface area contributed by atoms with Crippen LogP contribution in [0, 0.1) is 6.92 Å². The van der Waals surface area contributed by atoms with Gasteiger partial charge in [0.2, 0.25) is 0 Å². The molecule has 0 saturated carbocycles. The second-order valence-corrected chi connectivity index (χ2v) is 9.10. The van der Waals surface area contributed by atoms with E-state index in [4.69, 9.17) is 0 Å². The lowest BCUT2D eigenvalue weighted by Crippen LogP contribution is -2.43. The van der Waals surface area contributed by atoms with Crippen molar-refractivity contribution in [1.29, 1.82) is 0 Å². The molecule has 2 aromatic rings. The number of aromatic nitrogens is 1. The monoisotopic (exact) mass is 506 g/mol. The van der Waals surface area contributed by atoms with Gasteiger partial charge in [0, 0.05) is 42.5 Å². The first-order valence-corrected chi connectivity index (χ1v) is 11.1. The van der Waals surface area contributed by atoms with Gasteiger partial charge in [-0.1, -0.05) is 12.1 Å². The number of benzene rings is 1. The second-order valence-electron chi connectivity index (χ2n) is 6.84. The van der Waals surface area contributed by atoms with Crippen molar-refractivity contribution in [1.82, 2.24) is 15.6 Å². The smallest absolute Gasteiger partial charge is 0.191 e. The average Bonchev–Trinajstić information content (AvgIpc) is 2.94. The fraction of sp³-hybridized carbons (Fsp3) is 0.526. The van der Waals surface area contributed by atoms with Gasteiger partial charge in [0.1, 0.15) is 9.84 Å². The lowest BCUT2D eigenvalue weighted by atomic mass is 10.1. The molecule has 3 N–H and O–H groups in total. The van der Waals surface area contributed by atoms with Crippen LogP contribution in [0.25, 0.3) is 10.9 Å². The van der Waals surface area contributed by atoms with Gasteiger partial charge in [0.15, 0.2) is 5.96 Å². The van der Waals surface area contributed by atoms with E-state index < -0.39 is 9.84 Å². The van der Waals surface area contributed by atoms with Gasteiger partial charge in [-0.15, -0.1) is 24.0 Å². The molecule has 6 nitrogen and oxygen atoms in total. The molecule has 0 saturated heterocycles. The third-order valence-electron chi connectivity index (χ3n) is 4.22. The van der Waals surface area contributed by atoms with Crippen molar-refractivity contribution < 1.29 is 8.42 Å². The van der Waals surface area contributed by atoms with Crippen LogP contribution in [0.2, 0.25) is 0 Å². The second kappa shape index (κ2) is 10.9. The zero-order valence-corrected chi connectivity index (χ0v) is 19.6. The Morgan fingerprint density at radius 2 is 2.07 bits per heavy atom. The number of H-pyrrole nitrogens is 1. The summed E-state index contributed by atoms with van der Waals surface area (Å²) in [5.41, 5.74) is 3.65. The fourth-order valence-corrected chi connectivity index (χ4v) is 3.59. The Labute approximate surface area is 179 Å². The largest absolute Gasteiger partial charge is 0.361 e. The van der Waals surface area contributed by atoms with Crippen LogP contribution in [0.15, 0.2) is 29.4 Å². The number of halogens is 1. The summed E-state index contributed by atoms with van der Waals surface area (Å²) in [4.78, 5) is 7.95. The van der Waals surface area contributed by atoms with Crippen LogP contribution in [0.5, 0.6) is 0 Å². The van der Waals surface area contributed by atoms with Gasteiger partial charge in [-0.2, -0.15) is 0 Å². The van der Waals surface area contributed by atoms with Crippen LogP contribution in [0.1, 0.15) is 31.4 Å². The molecule has 0 fully saturated rings. The summed E-state index contributed by atoms with van der Waals surface area (Å²) in [6.45, 7) is 7.50. The predicted octanol–water partition coefficient (Wildman–Crippen LogP) is 3.02. The number of hydrogen-bond donors (Lipinski definition) is 3. The highest BCUT2D eigenvalue weighted by Gasteiger charge is 2.09. The van der Waals surface area contributed by atoms with Crippen LogP contribution in [-0.4, -0.2) is 50.5 Å². The van der Waals surface area contributed by atoms with E-state index in [1.807, 2.05) is 13.8 Å². The SMILES string of the molecule is CCNC(=NCCc1c[nH]c2cc(C)ccc12)NC(C)CCS(C)(=O)=O.I. The van der Waals surface area contributed by atoms with Gasteiger partial charge in [0.05, 0.1) is 5.75 Å². The Bertz CT molecular complexity index is 862. The van der Waals surface area contributed by atoms with Crippen molar-refractivity contribution in [3.63, 3.8) is 0 Å². The minimum absolute atomic E-state index is 0. The minimum Gasteiger partial charge on any atom is -0.361 e. The summed E-state index contributed by atoms with van der Waals surface area (Å²) in [6, 6.07) is 6.46. The van der Waals surface area contributed by atoms with Crippen LogP contribution < -0.4 is 10.6 Å². The van der Waals surface area contributed by atoms with Gasteiger partial charge < -0.3 is 15.6 Å². The van der Waals surface area contributed by atoms with Gasteiger partial charge in [0.25, 0.3) is 0 Å². The topological polar surface area (TPSA) is 86.3 Å². The molecule has 0 aliphatic rings. The Kier molecular flexibility index (Phi) is 9.58. The highest BCUT2D eigenvalue weighted by Crippen LogP contribution is 2.19. The molecule has 0 spiro atoms. The first kappa shape index (κ1) is 23.7. The summed E-state index contributed by atoms with van der Waals surface area (Å²) in [5.74, 6) is 0.902. The van der Waals surface area contributed by atoms with Crippen molar-refractivity contribution in [2.24, 2.45) is 4.99 Å². The quantitative estimate of drug-likeness (QED) is 0.292. The Balaban J connectivity index is 0.00000364. The average molecular weight is 506 g/mol. The van der Waals surface area contributed by atoms with Gasteiger partial charge in [-0.25, -0.2) is 8.42 Å². The summed E-state index contributed by atoms with van der Waals surface area (Å²) in [6.07, 6.45) is 4.72. The van der Waals surface area contributed by atoms with E-state index in [1.54, 1.807) is 0 Å². The van der Waals surface area contributed by atoms with Crippen LogP contribution >= 0.6 is 24.0 Å². The van der Waals surface area contributed by atoms with Crippen molar-refractivity contribution >= 4 is 50.7 Å². The molecule has 1 heterocycles. The van der Waals surface area contributed by atoms with Crippen LogP contribution in [-0.2, 0) is 16.3 Å². The molecule has 8 heteroatoms. The third-order valence-corrected chi connectivity index (χ3v) is 5.20. The summed E-state index contributed by atoms with van der Waals surface area (Å²) in [7, 11) is -2.94. The lowest BCUT2D eigenvalue weighted by Gasteiger charge is -2.17. The summed E-state index contributed by atoms with van der Waals surface area (Å²) >= 11 is 0. The number of fused-ring (bicyclic) bond motifs is 1. The highest BCUT2D eigenvalue weighted by atomic mass is 127. The molecule has 0 aliphatic carbocycles. The van der Waals surface area contributed by atoms with E-state index >= 15 is 0 Å². The maximum absolute atomic E-state index is 11.3. The first-order chi connectivity index (χ1) is 12.3. The number of rotatable bonds is 8. The molecule has 152 valence electrons. The number of hydrogen-bond acceptors (Lipinski definition) is 3. The van der Waals surface area contributed by atoms with Crippen LogP contribution in [0.3, 0.4) is 0 Å². The van der Waals surface area contributed by atoms with Gasteiger partial charge >= 0.3 is 0 Å². The number of guanidine groups is 1. The number of aryl methyl sites for hydroxylation is 1. The molecule has 1 aromatic heterocycles. The van der Waals surface area contributed by atoms with E-state index in [9.17, 15) is 8.42 Å². The third kappa shape index (κ3) is 8.08. The van der Waals surface area contributed by atoms with Crippen molar-refractivity contribution in [3.05, 3.63) is 35.5 Å². The standard InChI is InChI=1S/C19H30N4O2S.HI/c1-5-20-19(23-15(3)9-11-26(4,24)25)21-10-8-16-13-22-18-12-14(2)6-7-17(16)18;/h6-7,12-13,15,22H,5,8-11H2,1-4H3,(H2,20,21,23);1H. The number of aliphatic imine (C=N–C) groups is 1. The van der Waals surface area contributed by atoms with E-state index in [0.717, 1.165) is 24.4 Å². The number of sulfone groups is 1. The summed E-state index contributed by atoms with van der Waals surface area (Å²) < 4.78 is 22.6. The van der Waals surface area contributed by atoms with Crippen molar-refractivity contribution in [2.45, 2.75) is 39.7 Å².